The van der Waals surface area contributed by atoms with Crippen LogP contribution in [0.15, 0.2) is 46.9 Å². The van der Waals surface area contributed by atoms with Crippen LogP contribution in [0, 0.1) is 3.57 Å². The minimum Gasteiger partial charge on any atom is -0.488 e. The summed E-state index contributed by atoms with van der Waals surface area (Å²) in [4.78, 5) is 0. The smallest absolute Gasteiger partial charge is 0.126 e. The van der Waals surface area contributed by atoms with Crippen molar-refractivity contribution in [3.05, 3.63) is 61.6 Å². The number of hydrogen-bond donors (Lipinski definition) is 1. The topological polar surface area (TPSA) is 29.5 Å². The molecule has 0 aliphatic carbocycles. The molecule has 0 spiro atoms. The van der Waals surface area contributed by atoms with Crippen molar-refractivity contribution in [1.82, 2.24) is 0 Å². The van der Waals surface area contributed by atoms with Gasteiger partial charge in [-0.2, -0.15) is 0 Å². The molecule has 19 heavy (non-hydrogen) atoms. The molecule has 0 saturated heterocycles. The fourth-order valence-electron chi connectivity index (χ4n) is 1.72. The third-order valence-electron chi connectivity index (χ3n) is 2.73. The molecule has 0 aliphatic heterocycles. The second kappa shape index (κ2) is 6.72. The average molecular weight is 433 g/mol. The molecule has 0 amide bonds. The van der Waals surface area contributed by atoms with Crippen LogP contribution in [0.5, 0.6) is 5.75 Å². The summed E-state index contributed by atoms with van der Waals surface area (Å²) in [6.45, 7) is 2.23. The lowest BCUT2D eigenvalue weighted by Gasteiger charge is -2.14. The van der Waals surface area contributed by atoms with Crippen molar-refractivity contribution in [2.24, 2.45) is 0 Å². The van der Waals surface area contributed by atoms with Crippen molar-refractivity contribution in [1.29, 1.82) is 0 Å². The van der Waals surface area contributed by atoms with Gasteiger partial charge in [0.2, 0.25) is 0 Å². The highest BCUT2D eigenvalue weighted by molar-refractivity contribution is 14.1. The van der Waals surface area contributed by atoms with E-state index in [0.29, 0.717) is 12.4 Å². The van der Waals surface area contributed by atoms with Crippen LogP contribution >= 0.6 is 38.5 Å². The number of hydrogen-bond acceptors (Lipinski definition) is 2. The summed E-state index contributed by atoms with van der Waals surface area (Å²) in [5.41, 5.74) is 1.91. The van der Waals surface area contributed by atoms with E-state index in [2.05, 4.69) is 50.7 Å². The summed E-state index contributed by atoms with van der Waals surface area (Å²) in [5.74, 6) is 0.711. The molecule has 0 aromatic heterocycles. The zero-order chi connectivity index (χ0) is 13.8. The predicted octanol–water partition coefficient (Wildman–Crippen LogP) is 4.69. The molecular formula is C15H14BrIO2. The Hall–Kier alpha value is -0.590. The predicted molar refractivity (Wildman–Crippen MR) is 88.3 cm³/mol. The van der Waals surface area contributed by atoms with Crippen LogP contribution in [0.1, 0.15) is 24.2 Å². The molecule has 0 unspecified atom stereocenters. The molecule has 0 saturated carbocycles. The number of halogens is 2. The average Bonchev–Trinajstić information content (AvgIpc) is 2.38. The molecular weight excluding hydrogens is 419 g/mol. The first-order valence-corrected chi connectivity index (χ1v) is 7.78. The molecule has 0 bridgehead atoms. The van der Waals surface area contributed by atoms with Crippen LogP contribution in [0.2, 0.25) is 0 Å². The van der Waals surface area contributed by atoms with E-state index in [0.717, 1.165) is 15.6 Å². The van der Waals surface area contributed by atoms with Crippen LogP contribution in [-0.2, 0) is 6.61 Å². The van der Waals surface area contributed by atoms with E-state index in [1.165, 1.54) is 3.57 Å². The van der Waals surface area contributed by atoms with E-state index in [1.54, 1.807) is 6.92 Å². The van der Waals surface area contributed by atoms with E-state index in [4.69, 9.17) is 4.74 Å². The van der Waals surface area contributed by atoms with Crippen molar-refractivity contribution in [2.75, 3.05) is 0 Å². The van der Waals surface area contributed by atoms with Gasteiger partial charge in [0.15, 0.2) is 0 Å². The number of aliphatic hydroxyl groups is 1. The Morgan fingerprint density at radius 3 is 2.53 bits per heavy atom. The fourth-order valence-corrected chi connectivity index (χ4v) is 2.42. The van der Waals surface area contributed by atoms with E-state index in [1.807, 2.05) is 30.3 Å². The molecule has 2 nitrogen and oxygen atoms in total. The number of benzene rings is 2. The van der Waals surface area contributed by atoms with Gasteiger partial charge in [0, 0.05) is 13.6 Å². The largest absolute Gasteiger partial charge is 0.488 e. The highest BCUT2D eigenvalue weighted by Crippen LogP contribution is 2.29. The van der Waals surface area contributed by atoms with Crippen LogP contribution in [0.4, 0.5) is 0 Å². The van der Waals surface area contributed by atoms with Crippen molar-refractivity contribution >= 4 is 38.5 Å². The Labute approximate surface area is 135 Å². The first kappa shape index (κ1) is 14.8. The first-order chi connectivity index (χ1) is 9.06. The van der Waals surface area contributed by atoms with Gasteiger partial charge in [-0.05, 0) is 59.3 Å². The molecule has 0 fully saturated rings. The number of rotatable bonds is 4. The van der Waals surface area contributed by atoms with Crippen molar-refractivity contribution in [3.63, 3.8) is 0 Å². The number of ether oxygens (including phenoxy) is 1. The maximum absolute atomic E-state index is 9.73. The zero-order valence-corrected chi connectivity index (χ0v) is 14.2. The van der Waals surface area contributed by atoms with Crippen LogP contribution in [0.3, 0.4) is 0 Å². The van der Waals surface area contributed by atoms with Gasteiger partial charge in [0.1, 0.15) is 12.4 Å². The van der Waals surface area contributed by atoms with Gasteiger partial charge in [-0.1, -0.05) is 34.1 Å². The number of aliphatic hydroxyl groups excluding tert-OH is 1. The Morgan fingerprint density at radius 2 is 1.89 bits per heavy atom. The minimum atomic E-state index is -0.542. The molecule has 100 valence electrons. The third kappa shape index (κ3) is 4.19. The van der Waals surface area contributed by atoms with Gasteiger partial charge >= 0.3 is 0 Å². The highest BCUT2D eigenvalue weighted by atomic mass is 127. The summed E-state index contributed by atoms with van der Waals surface area (Å²) in [6, 6.07) is 13.8. The van der Waals surface area contributed by atoms with Crippen molar-refractivity contribution < 1.29 is 9.84 Å². The van der Waals surface area contributed by atoms with Gasteiger partial charge in [-0.3, -0.25) is 0 Å². The SMILES string of the molecule is C[C@@H](O)c1ccc(Br)cc1OCc1ccc(I)cc1. The van der Waals surface area contributed by atoms with Gasteiger partial charge < -0.3 is 9.84 Å². The lowest BCUT2D eigenvalue weighted by atomic mass is 10.1. The van der Waals surface area contributed by atoms with Crippen molar-refractivity contribution in [2.45, 2.75) is 19.6 Å². The second-order valence-corrected chi connectivity index (χ2v) is 6.43. The maximum atomic E-state index is 9.73. The van der Waals surface area contributed by atoms with Gasteiger partial charge in [-0.25, -0.2) is 0 Å². The fraction of sp³-hybridized carbons (Fsp3) is 0.200. The van der Waals surface area contributed by atoms with Crippen LogP contribution in [-0.4, -0.2) is 5.11 Å². The molecule has 1 atom stereocenters. The monoisotopic (exact) mass is 432 g/mol. The lowest BCUT2D eigenvalue weighted by Crippen LogP contribution is -2.01. The summed E-state index contributed by atoms with van der Waals surface area (Å²) in [6.07, 6.45) is -0.542. The summed E-state index contributed by atoms with van der Waals surface area (Å²) in [7, 11) is 0. The molecule has 4 heteroatoms. The molecule has 2 rings (SSSR count). The Balaban J connectivity index is 2.14. The van der Waals surface area contributed by atoms with E-state index < -0.39 is 6.10 Å². The van der Waals surface area contributed by atoms with E-state index in [9.17, 15) is 5.11 Å². The van der Waals surface area contributed by atoms with Crippen LogP contribution in [0.25, 0.3) is 0 Å². The zero-order valence-electron chi connectivity index (χ0n) is 10.4. The highest BCUT2D eigenvalue weighted by Gasteiger charge is 2.09. The second-order valence-electron chi connectivity index (χ2n) is 4.27. The van der Waals surface area contributed by atoms with Crippen molar-refractivity contribution in [3.8, 4) is 5.75 Å². The maximum Gasteiger partial charge on any atom is 0.126 e. The third-order valence-corrected chi connectivity index (χ3v) is 3.95. The Morgan fingerprint density at radius 1 is 1.21 bits per heavy atom. The molecule has 0 radical (unpaired) electrons. The van der Waals surface area contributed by atoms with E-state index >= 15 is 0 Å². The Kier molecular flexibility index (Phi) is 5.24. The molecule has 2 aromatic carbocycles. The van der Waals surface area contributed by atoms with Gasteiger partial charge in [0.05, 0.1) is 6.10 Å². The lowest BCUT2D eigenvalue weighted by molar-refractivity contribution is 0.190. The van der Waals surface area contributed by atoms with Gasteiger partial charge in [0.25, 0.3) is 0 Å². The summed E-state index contributed by atoms with van der Waals surface area (Å²) in [5, 5.41) is 9.73. The van der Waals surface area contributed by atoms with E-state index in [-0.39, 0.29) is 0 Å². The molecule has 2 aromatic rings. The standard InChI is InChI=1S/C15H14BrIO2/c1-10(18)14-7-4-12(16)8-15(14)19-9-11-2-5-13(17)6-3-11/h2-8,10,18H,9H2,1H3/t10-/m1/s1. The van der Waals surface area contributed by atoms with Crippen LogP contribution < -0.4 is 4.74 Å². The minimum absolute atomic E-state index is 0.493. The Bertz CT molecular complexity index is 553. The first-order valence-electron chi connectivity index (χ1n) is 5.91. The van der Waals surface area contributed by atoms with Gasteiger partial charge in [-0.15, -0.1) is 0 Å². The quantitative estimate of drug-likeness (QED) is 0.710. The summed E-state index contributed by atoms with van der Waals surface area (Å²) >= 11 is 5.69. The molecule has 0 aliphatic rings. The molecule has 0 heterocycles. The molecule has 1 N–H and O–H groups in total. The normalized spacial score (nSPS) is 12.2. The summed E-state index contributed by atoms with van der Waals surface area (Å²) < 4.78 is 7.95.